The molecular weight excluding hydrogens is 412 g/mol. The summed E-state index contributed by atoms with van der Waals surface area (Å²) in [5, 5.41) is 3.72. The van der Waals surface area contributed by atoms with Crippen LogP contribution in [0.5, 0.6) is 5.75 Å². The number of benzene rings is 1. The van der Waals surface area contributed by atoms with Gasteiger partial charge in [-0.25, -0.2) is 0 Å². The van der Waals surface area contributed by atoms with E-state index in [0.29, 0.717) is 11.3 Å². The molecule has 1 unspecified atom stereocenters. The molecule has 0 spiro atoms. The highest BCUT2D eigenvalue weighted by molar-refractivity contribution is 9.10. The number of terminal acetylenes is 1. The number of pyridine rings is 1. The lowest BCUT2D eigenvalue weighted by molar-refractivity contribution is -0.125. The molecule has 0 saturated heterocycles. The van der Waals surface area contributed by atoms with Crippen molar-refractivity contribution >= 4 is 44.5 Å². The molecule has 2 rings (SSSR count). The third-order valence-corrected chi connectivity index (χ3v) is 4.76. The van der Waals surface area contributed by atoms with Gasteiger partial charge in [-0.1, -0.05) is 11.8 Å². The minimum atomic E-state index is -0.707. The van der Waals surface area contributed by atoms with Gasteiger partial charge in [0.15, 0.2) is 0 Å². The highest BCUT2D eigenvalue weighted by atomic mass is 79.9. The minimum absolute atomic E-state index is 0.239. The fourth-order valence-corrected chi connectivity index (χ4v) is 3.41. The van der Waals surface area contributed by atoms with Gasteiger partial charge in [0, 0.05) is 21.6 Å². The molecule has 0 aliphatic carbocycles. The first-order chi connectivity index (χ1) is 12.3. The molecule has 1 atom stereocenters. The van der Waals surface area contributed by atoms with Crippen LogP contribution in [0.2, 0.25) is 0 Å². The summed E-state index contributed by atoms with van der Waals surface area (Å²) in [5.41, 5.74) is 0.126. The van der Waals surface area contributed by atoms with Crippen LogP contribution in [0.15, 0.2) is 28.9 Å². The molecule has 6 heteroatoms. The summed E-state index contributed by atoms with van der Waals surface area (Å²) in [4.78, 5) is 16.9. The quantitative estimate of drug-likeness (QED) is 0.575. The zero-order valence-corrected chi connectivity index (χ0v) is 17.4. The Kier molecular flexibility index (Phi) is 6.58. The second kappa shape index (κ2) is 8.49. The molecule has 1 amide bonds. The van der Waals surface area contributed by atoms with E-state index in [4.69, 9.17) is 11.2 Å². The maximum Gasteiger partial charge on any atom is 0.272 e. The molecule has 0 aliphatic rings. The van der Waals surface area contributed by atoms with Gasteiger partial charge < -0.3 is 10.1 Å². The minimum Gasteiger partial charge on any atom is -0.470 e. The lowest BCUT2D eigenvalue weighted by atomic mass is 10.1. The first-order valence-corrected chi connectivity index (χ1v) is 9.89. The Morgan fingerprint density at radius 3 is 2.77 bits per heavy atom. The number of fused-ring (bicyclic) bond motifs is 1. The largest absolute Gasteiger partial charge is 0.470 e. The molecule has 0 bridgehead atoms. The van der Waals surface area contributed by atoms with Crippen LogP contribution in [0.1, 0.15) is 26.3 Å². The average Bonchev–Trinajstić information content (AvgIpc) is 2.58. The summed E-state index contributed by atoms with van der Waals surface area (Å²) in [6.45, 7) is 5.43. The number of ether oxygens (including phenoxy) is 1. The van der Waals surface area contributed by atoms with Crippen molar-refractivity contribution in [3.05, 3.63) is 34.4 Å². The Hall–Kier alpha value is -2.15. The Morgan fingerprint density at radius 1 is 1.42 bits per heavy atom. The number of nitrogens with one attached hydrogen (secondary N) is 1. The third-order valence-electron chi connectivity index (χ3n) is 3.42. The molecule has 0 radical (unpaired) electrons. The third kappa shape index (κ3) is 4.94. The van der Waals surface area contributed by atoms with Crippen LogP contribution in [0.3, 0.4) is 0 Å². The van der Waals surface area contributed by atoms with E-state index in [-0.39, 0.29) is 5.91 Å². The van der Waals surface area contributed by atoms with Crippen molar-refractivity contribution in [2.45, 2.75) is 31.7 Å². The van der Waals surface area contributed by atoms with E-state index in [1.807, 2.05) is 32.2 Å². The Morgan fingerprint density at radius 2 is 2.15 bits per heavy atom. The summed E-state index contributed by atoms with van der Waals surface area (Å²) in [6, 6.07) is 5.47. The summed E-state index contributed by atoms with van der Waals surface area (Å²) in [5.74, 6) is 8.65. The molecule has 2 aromatic rings. The molecule has 0 fully saturated rings. The van der Waals surface area contributed by atoms with Crippen LogP contribution in [0, 0.1) is 24.2 Å². The lowest BCUT2D eigenvalue weighted by Crippen LogP contribution is -2.47. The molecule has 1 heterocycles. The van der Waals surface area contributed by atoms with Crippen molar-refractivity contribution in [2.75, 3.05) is 6.26 Å². The average molecular weight is 431 g/mol. The summed E-state index contributed by atoms with van der Waals surface area (Å²) in [7, 11) is 0. The Labute approximate surface area is 166 Å². The number of aromatic nitrogens is 1. The maximum atomic E-state index is 12.5. The monoisotopic (exact) mass is 430 g/mol. The topological polar surface area (TPSA) is 51.2 Å². The van der Waals surface area contributed by atoms with Crippen molar-refractivity contribution in [2.24, 2.45) is 0 Å². The molecule has 0 saturated carbocycles. The number of amides is 1. The van der Waals surface area contributed by atoms with Gasteiger partial charge in [-0.2, -0.15) is 0 Å². The fraction of sp³-hybridized carbons (Fsp3) is 0.300. The van der Waals surface area contributed by atoms with Crippen LogP contribution in [-0.2, 0) is 4.79 Å². The number of rotatable bonds is 5. The summed E-state index contributed by atoms with van der Waals surface area (Å²) >= 11 is 4.80. The molecule has 1 N–H and O–H groups in total. The molecule has 134 valence electrons. The maximum absolute atomic E-state index is 12.5. The van der Waals surface area contributed by atoms with Gasteiger partial charge in [0.05, 0.1) is 11.1 Å². The lowest BCUT2D eigenvalue weighted by Gasteiger charge is -2.24. The number of hydrogen-bond donors (Lipinski definition) is 1. The zero-order chi connectivity index (χ0) is 19.3. The first-order valence-electron chi connectivity index (χ1n) is 7.81. The predicted octanol–water partition coefficient (Wildman–Crippen LogP) is 3.96. The van der Waals surface area contributed by atoms with E-state index in [2.05, 4.69) is 44.0 Å². The van der Waals surface area contributed by atoms with Gasteiger partial charge in [-0.15, -0.1) is 24.1 Å². The van der Waals surface area contributed by atoms with Gasteiger partial charge in [-0.3, -0.25) is 9.78 Å². The molecular formula is C20H19BrN2O2S. The van der Waals surface area contributed by atoms with Crippen molar-refractivity contribution in [3.63, 3.8) is 0 Å². The summed E-state index contributed by atoms with van der Waals surface area (Å²) < 4.78 is 6.67. The first kappa shape index (κ1) is 20.2. The van der Waals surface area contributed by atoms with Crippen molar-refractivity contribution in [1.29, 1.82) is 0 Å². The highest BCUT2D eigenvalue weighted by Crippen LogP contribution is 2.30. The van der Waals surface area contributed by atoms with E-state index in [0.717, 1.165) is 15.4 Å². The standard InChI is InChI=1S/C20H19BrN2O2S/c1-6-8-20(3,4)23-18(24)19(26-5)25-15-10-14-9-13(7-2)12-22-17(14)16(21)11-15/h2,9-12,19H,1,3-5H3,(H,23,24). The number of thioether (sulfide) groups is 1. The van der Waals surface area contributed by atoms with Crippen molar-refractivity contribution in [3.8, 4) is 29.9 Å². The van der Waals surface area contributed by atoms with Gasteiger partial charge in [0.25, 0.3) is 5.91 Å². The smallest absolute Gasteiger partial charge is 0.272 e. The van der Waals surface area contributed by atoms with E-state index in [9.17, 15) is 4.79 Å². The second-order valence-electron chi connectivity index (χ2n) is 6.02. The molecule has 4 nitrogen and oxygen atoms in total. The van der Waals surface area contributed by atoms with Crippen molar-refractivity contribution < 1.29 is 9.53 Å². The zero-order valence-electron chi connectivity index (χ0n) is 15.0. The summed E-state index contributed by atoms with van der Waals surface area (Å²) in [6.07, 6.45) is 8.90. The van der Waals surface area contributed by atoms with Gasteiger partial charge in [0.1, 0.15) is 5.75 Å². The second-order valence-corrected chi connectivity index (χ2v) is 7.77. The van der Waals surface area contributed by atoms with E-state index in [1.165, 1.54) is 11.8 Å². The van der Waals surface area contributed by atoms with Crippen LogP contribution in [0.25, 0.3) is 10.9 Å². The van der Waals surface area contributed by atoms with Crippen LogP contribution < -0.4 is 10.1 Å². The molecule has 0 aliphatic heterocycles. The van der Waals surface area contributed by atoms with Crippen LogP contribution in [0.4, 0.5) is 0 Å². The number of nitrogens with zero attached hydrogens (tertiary/aromatic N) is 1. The fourth-order valence-electron chi connectivity index (χ4n) is 2.37. The number of halogens is 1. The van der Waals surface area contributed by atoms with E-state index >= 15 is 0 Å². The predicted molar refractivity (Wildman–Crippen MR) is 111 cm³/mol. The molecule has 26 heavy (non-hydrogen) atoms. The van der Waals surface area contributed by atoms with Crippen LogP contribution >= 0.6 is 27.7 Å². The van der Waals surface area contributed by atoms with Gasteiger partial charge >= 0.3 is 0 Å². The number of hydrogen-bond acceptors (Lipinski definition) is 4. The van der Waals surface area contributed by atoms with Crippen molar-refractivity contribution in [1.82, 2.24) is 10.3 Å². The Bertz CT molecular complexity index is 938. The number of carbonyl (C=O) groups excluding carboxylic acids is 1. The normalized spacial score (nSPS) is 11.8. The van der Waals surface area contributed by atoms with Gasteiger partial charge in [0.2, 0.25) is 5.44 Å². The highest BCUT2D eigenvalue weighted by Gasteiger charge is 2.25. The molecule has 1 aromatic heterocycles. The van der Waals surface area contributed by atoms with Crippen LogP contribution in [-0.4, -0.2) is 28.1 Å². The number of carbonyl (C=O) groups is 1. The molecule has 1 aromatic carbocycles. The Balaban J connectivity index is 2.28. The van der Waals surface area contributed by atoms with E-state index in [1.54, 1.807) is 19.2 Å². The van der Waals surface area contributed by atoms with E-state index < -0.39 is 11.0 Å². The van der Waals surface area contributed by atoms with Gasteiger partial charge in [-0.05, 0) is 61.2 Å². The SMILES string of the molecule is C#Cc1cnc2c(Br)cc(OC(SC)C(=O)NC(C)(C)C#CC)cc2c1.